The van der Waals surface area contributed by atoms with Crippen LogP contribution < -0.4 is 0 Å². The van der Waals surface area contributed by atoms with Crippen molar-refractivity contribution in [2.45, 2.75) is 219 Å². The van der Waals surface area contributed by atoms with Crippen molar-refractivity contribution in [1.29, 1.82) is 0 Å². The number of ether oxygens (including phenoxy) is 3. The van der Waals surface area contributed by atoms with Crippen molar-refractivity contribution in [3.05, 3.63) is 134 Å². The average molecular weight is 925 g/mol. The highest BCUT2D eigenvalue weighted by Gasteiger charge is 2.19. The van der Waals surface area contributed by atoms with E-state index in [4.69, 9.17) is 14.2 Å². The molecule has 0 rings (SSSR count). The Hall–Kier alpha value is -4.45. The number of rotatable bonds is 46. The molecule has 1 unspecified atom stereocenters. The maximum absolute atomic E-state index is 12.8. The highest BCUT2D eigenvalue weighted by Crippen LogP contribution is 2.14. The molecule has 0 heterocycles. The van der Waals surface area contributed by atoms with Crippen LogP contribution in [-0.4, -0.2) is 37.2 Å². The summed E-state index contributed by atoms with van der Waals surface area (Å²) in [4.78, 5) is 38.1. The average Bonchev–Trinajstić information content (AvgIpc) is 3.33. The Kier molecular flexibility index (Phi) is 50.6. The molecule has 0 radical (unpaired) electrons. The molecule has 6 heteroatoms. The summed E-state index contributed by atoms with van der Waals surface area (Å²) in [5.41, 5.74) is 0. The minimum atomic E-state index is -0.817. The molecule has 376 valence electrons. The van der Waals surface area contributed by atoms with Crippen molar-refractivity contribution in [1.82, 2.24) is 0 Å². The first-order valence-electron chi connectivity index (χ1n) is 26.8. The van der Waals surface area contributed by atoms with Gasteiger partial charge in [0.2, 0.25) is 0 Å². The molecule has 0 aromatic rings. The van der Waals surface area contributed by atoms with E-state index in [0.29, 0.717) is 19.3 Å². The molecule has 0 aliphatic carbocycles. The SMILES string of the molecule is CC\C=C/C=C\C=C/C=C\C=C/CCCCCC(=O)OC(COC(=O)CCCCCCC\C=C/C=C\C=C/C=C\CC)COC(=O)CCCCCCCCCCCC/C=C\C=C/CCCCC. The lowest BCUT2D eigenvalue weighted by Crippen LogP contribution is -2.30. The molecule has 0 amide bonds. The van der Waals surface area contributed by atoms with Crippen LogP contribution in [0.1, 0.15) is 213 Å². The fraction of sp³-hybridized carbons (Fsp3) is 0.590. The molecule has 0 aromatic carbocycles. The molecule has 0 aliphatic rings. The smallest absolute Gasteiger partial charge is 0.306 e. The monoisotopic (exact) mass is 925 g/mol. The van der Waals surface area contributed by atoms with Gasteiger partial charge in [0.1, 0.15) is 13.2 Å². The molecule has 1 atom stereocenters. The molecule has 67 heavy (non-hydrogen) atoms. The molecule has 0 fully saturated rings. The second-order valence-electron chi connectivity index (χ2n) is 17.3. The van der Waals surface area contributed by atoms with E-state index >= 15 is 0 Å². The molecule has 0 aliphatic heterocycles. The molecular weight excluding hydrogens is 829 g/mol. The quantitative estimate of drug-likeness (QED) is 0.0262. The van der Waals surface area contributed by atoms with Gasteiger partial charge in [-0.2, -0.15) is 0 Å². The van der Waals surface area contributed by atoms with Crippen LogP contribution in [0.5, 0.6) is 0 Å². The van der Waals surface area contributed by atoms with Crippen LogP contribution in [0.15, 0.2) is 134 Å². The van der Waals surface area contributed by atoms with Gasteiger partial charge in [-0.05, 0) is 83.5 Å². The van der Waals surface area contributed by atoms with Crippen LogP contribution >= 0.6 is 0 Å². The van der Waals surface area contributed by atoms with E-state index in [0.717, 1.165) is 89.9 Å². The summed E-state index contributed by atoms with van der Waals surface area (Å²) in [6.45, 7) is 6.26. The summed E-state index contributed by atoms with van der Waals surface area (Å²) in [5, 5.41) is 0. The number of hydrogen-bond acceptors (Lipinski definition) is 6. The summed E-state index contributed by atoms with van der Waals surface area (Å²) in [6, 6.07) is 0. The predicted molar refractivity (Wildman–Crippen MR) is 288 cm³/mol. The molecule has 0 saturated heterocycles. The van der Waals surface area contributed by atoms with Crippen molar-refractivity contribution < 1.29 is 28.6 Å². The Morgan fingerprint density at radius 3 is 0.940 bits per heavy atom. The Morgan fingerprint density at radius 1 is 0.313 bits per heavy atom. The third kappa shape index (κ3) is 52.4. The van der Waals surface area contributed by atoms with Gasteiger partial charge in [0.05, 0.1) is 0 Å². The zero-order valence-electron chi connectivity index (χ0n) is 42.9. The van der Waals surface area contributed by atoms with Crippen LogP contribution in [0.2, 0.25) is 0 Å². The van der Waals surface area contributed by atoms with Crippen LogP contribution in [0.4, 0.5) is 0 Å². The van der Waals surface area contributed by atoms with E-state index in [1.165, 1.54) is 77.0 Å². The van der Waals surface area contributed by atoms with Gasteiger partial charge in [0.15, 0.2) is 6.10 Å². The standard InChI is InChI=1S/C61H96O6/c1-4-7-10-13-16-19-22-25-28-29-30-31-34-36-39-42-45-48-51-54-60(63)66-57-58(67-61(64)55-52-49-46-43-40-37-33-27-24-21-18-15-12-9-6-3)56-65-59(62)53-50-47-44-41-38-35-32-26-23-20-17-14-11-8-5-2/h8-9,11-12,14-27,32-33,37,40,58H,4-7,10,13,28-31,34-36,38-39,41-57H2,1-3H3/b11-8-,12-9-,17-14-,18-15-,19-16-,23-20-,24-21-,25-22-,32-26-,33-27-,40-37-. The van der Waals surface area contributed by atoms with E-state index in [2.05, 4.69) is 81.5 Å². The van der Waals surface area contributed by atoms with Crippen molar-refractivity contribution in [3.63, 3.8) is 0 Å². The fourth-order valence-electron chi connectivity index (χ4n) is 6.88. The largest absolute Gasteiger partial charge is 0.462 e. The lowest BCUT2D eigenvalue weighted by Gasteiger charge is -2.18. The number of allylic oxidation sites excluding steroid dienone is 22. The van der Waals surface area contributed by atoms with Crippen LogP contribution in [0.3, 0.4) is 0 Å². The van der Waals surface area contributed by atoms with Crippen molar-refractivity contribution in [3.8, 4) is 0 Å². The maximum atomic E-state index is 12.8. The van der Waals surface area contributed by atoms with Crippen molar-refractivity contribution >= 4 is 17.9 Å². The molecule has 6 nitrogen and oxygen atoms in total. The van der Waals surface area contributed by atoms with Gasteiger partial charge in [-0.15, -0.1) is 0 Å². The van der Waals surface area contributed by atoms with E-state index in [1.807, 2.05) is 72.9 Å². The predicted octanol–water partition coefficient (Wildman–Crippen LogP) is 17.9. The number of carbonyl (C=O) groups is 3. The van der Waals surface area contributed by atoms with Gasteiger partial charge in [0.25, 0.3) is 0 Å². The van der Waals surface area contributed by atoms with Gasteiger partial charge in [-0.25, -0.2) is 0 Å². The third-order valence-corrected chi connectivity index (χ3v) is 10.9. The number of esters is 3. The number of hydrogen-bond donors (Lipinski definition) is 0. The Morgan fingerprint density at radius 2 is 0.582 bits per heavy atom. The normalized spacial score (nSPS) is 13.2. The Bertz CT molecular complexity index is 1480. The van der Waals surface area contributed by atoms with Gasteiger partial charge in [-0.1, -0.05) is 244 Å². The second kappa shape index (κ2) is 54.2. The van der Waals surface area contributed by atoms with Crippen LogP contribution in [-0.2, 0) is 28.6 Å². The highest BCUT2D eigenvalue weighted by molar-refractivity contribution is 5.71. The minimum absolute atomic E-state index is 0.110. The molecule has 0 N–H and O–H groups in total. The lowest BCUT2D eigenvalue weighted by atomic mass is 10.1. The van der Waals surface area contributed by atoms with Gasteiger partial charge >= 0.3 is 17.9 Å². The van der Waals surface area contributed by atoms with Crippen LogP contribution in [0, 0.1) is 0 Å². The maximum Gasteiger partial charge on any atom is 0.306 e. The molecule has 0 spiro atoms. The second-order valence-corrected chi connectivity index (χ2v) is 17.3. The van der Waals surface area contributed by atoms with Gasteiger partial charge in [-0.3, -0.25) is 14.4 Å². The summed E-state index contributed by atoms with van der Waals surface area (Å²) < 4.78 is 16.8. The van der Waals surface area contributed by atoms with Crippen molar-refractivity contribution in [2.75, 3.05) is 13.2 Å². The lowest BCUT2D eigenvalue weighted by molar-refractivity contribution is -0.167. The number of unbranched alkanes of at least 4 members (excludes halogenated alkanes) is 21. The summed E-state index contributed by atoms with van der Waals surface area (Å²) in [7, 11) is 0. The Labute approximate surface area is 411 Å². The zero-order chi connectivity index (χ0) is 48.6. The fourth-order valence-corrected chi connectivity index (χ4v) is 6.88. The molecule has 0 saturated carbocycles. The van der Waals surface area contributed by atoms with Gasteiger partial charge < -0.3 is 14.2 Å². The van der Waals surface area contributed by atoms with E-state index in [1.54, 1.807) is 0 Å². The first-order valence-corrected chi connectivity index (χ1v) is 26.8. The zero-order valence-corrected chi connectivity index (χ0v) is 42.9. The first-order chi connectivity index (χ1) is 33.0. The third-order valence-electron chi connectivity index (χ3n) is 10.9. The summed E-state index contributed by atoms with van der Waals surface area (Å²) >= 11 is 0. The summed E-state index contributed by atoms with van der Waals surface area (Å²) in [6.07, 6.45) is 75.7. The molecular formula is C61H96O6. The van der Waals surface area contributed by atoms with E-state index in [-0.39, 0.29) is 37.5 Å². The Balaban J connectivity index is 4.50. The van der Waals surface area contributed by atoms with Crippen molar-refractivity contribution in [2.24, 2.45) is 0 Å². The van der Waals surface area contributed by atoms with E-state index in [9.17, 15) is 14.4 Å². The van der Waals surface area contributed by atoms with Gasteiger partial charge in [0, 0.05) is 19.3 Å². The molecule has 0 bridgehead atoms. The highest BCUT2D eigenvalue weighted by atomic mass is 16.6. The topological polar surface area (TPSA) is 78.9 Å². The van der Waals surface area contributed by atoms with E-state index < -0.39 is 6.10 Å². The van der Waals surface area contributed by atoms with Crippen LogP contribution in [0.25, 0.3) is 0 Å². The summed E-state index contributed by atoms with van der Waals surface area (Å²) in [5.74, 6) is -0.987. The minimum Gasteiger partial charge on any atom is -0.462 e. The first kappa shape index (κ1) is 62.5. The number of carbonyl (C=O) groups excluding carboxylic acids is 3. The molecule has 0 aromatic heterocycles.